The molecule has 7 nitrogen and oxygen atoms in total. The molecule has 0 amide bonds. The Hall–Kier alpha value is -1.89. The number of rotatable bonds is 5. The van der Waals surface area contributed by atoms with Gasteiger partial charge >= 0.3 is 5.69 Å². The fourth-order valence-corrected chi connectivity index (χ4v) is 2.10. The quantitative estimate of drug-likeness (QED) is 0.861. The van der Waals surface area contributed by atoms with Crippen LogP contribution < -0.4 is 11.2 Å². The minimum Gasteiger partial charge on any atom is -0.393 e. The topological polar surface area (TPSA) is 82.1 Å². The Morgan fingerprint density at radius 2 is 2.14 bits per heavy atom. The summed E-state index contributed by atoms with van der Waals surface area (Å²) in [4.78, 5) is 29.4. The van der Waals surface area contributed by atoms with Gasteiger partial charge in [-0.15, -0.1) is 0 Å². The van der Waals surface area contributed by atoms with Crippen LogP contribution in [0.5, 0.6) is 0 Å². The summed E-state index contributed by atoms with van der Waals surface area (Å²) in [7, 11) is 1.33. The summed E-state index contributed by atoms with van der Waals surface area (Å²) in [5, 5.41) is 9.69. The summed E-state index contributed by atoms with van der Waals surface area (Å²) in [5.41, 5.74) is -2.03. The Kier molecular flexibility index (Phi) is 2.21. The van der Waals surface area contributed by atoms with Gasteiger partial charge in [-0.1, -0.05) is 0 Å². The van der Waals surface area contributed by atoms with Gasteiger partial charge in [0.25, 0.3) is 5.56 Å². The van der Waals surface area contributed by atoms with Crippen molar-refractivity contribution in [2.24, 2.45) is 14.0 Å². The van der Waals surface area contributed by atoms with Gasteiger partial charge < -0.3 is 9.67 Å². The van der Waals surface area contributed by atoms with Gasteiger partial charge in [-0.3, -0.25) is 13.9 Å². The average Bonchev–Trinajstić information content (AvgIpc) is 2.92. The zero-order chi connectivity index (χ0) is 22.5. The molecule has 0 radical (unpaired) electrons. The monoisotopic (exact) mass is 302 g/mol. The molecule has 2 heterocycles. The smallest absolute Gasteiger partial charge is 0.332 e. The number of hydrogen-bond acceptors (Lipinski definition) is 4. The molecule has 0 aliphatic carbocycles. The molecule has 0 bridgehead atoms. The molecule has 0 spiro atoms. The van der Waals surface area contributed by atoms with E-state index in [1.165, 1.54) is 14.0 Å². The zero-order valence-electron chi connectivity index (χ0n) is 19.8. The van der Waals surface area contributed by atoms with Crippen molar-refractivity contribution < 1.29 is 16.1 Å². The second-order valence-corrected chi connectivity index (χ2v) is 4.68. The number of aliphatic hydroxyl groups excluding tert-OH is 1. The van der Waals surface area contributed by atoms with Crippen molar-refractivity contribution >= 4 is 11.2 Å². The van der Waals surface area contributed by atoms with Gasteiger partial charge in [0.2, 0.25) is 0 Å². The first-order valence-electron chi connectivity index (χ1n) is 10.4. The minimum atomic E-state index is -2.92. The van der Waals surface area contributed by atoms with Crippen LogP contribution in [0, 0.1) is 6.92 Å². The number of fused-ring (bicyclic) bond motifs is 1. The molecule has 0 fully saturated rings. The summed E-state index contributed by atoms with van der Waals surface area (Å²) in [5.74, 6) is 0.0296. The highest BCUT2D eigenvalue weighted by atomic mass is 16.3. The van der Waals surface area contributed by atoms with Crippen LogP contribution >= 0.6 is 0 Å². The lowest BCUT2D eigenvalue weighted by molar-refractivity contribution is 0.180. The Morgan fingerprint density at radius 1 is 1.38 bits per heavy atom. The Morgan fingerprint density at radius 3 is 2.81 bits per heavy atom. The third-order valence-corrected chi connectivity index (χ3v) is 3.21. The minimum absolute atomic E-state index is 0.0296. The largest absolute Gasteiger partial charge is 0.393 e. The molecule has 21 heavy (non-hydrogen) atoms. The van der Waals surface area contributed by atoms with Crippen LogP contribution in [0.25, 0.3) is 11.2 Å². The first-order valence-corrected chi connectivity index (χ1v) is 6.37. The highest BCUT2D eigenvalue weighted by Gasteiger charge is 2.16. The van der Waals surface area contributed by atoms with Gasteiger partial charge in [-0.05, 0) is 33.0 Å². The van der Waals surface area contributed by atoms with Gasteiger partial charge in [0.15, 0.2) is 11.2 Å². The summed E-state index contributed by atoms with van der Waals surface area (Å²) < 4.78 is 62.3. The SMILES string of the molecule is [2H]C([2H])([2H])[C@H](O)C([2H])([2H])CCCn1c(=O)c2c(nc(C)n2C([2H])([2H])[2H])n(C)c1=O. The summed E-state index contributed by atoms with van der Waals surface area (Å²) in [6.07, 6.45) is -5.27. The Bertz CT molecular complexity index is 1030. The molecular formula is C14H22N4O3. The first-order chi connectivity index (χ1) is 13.0. The van der Waals surface area contributed by atoms with Crippen LogP contribution in [0.1, 0.15) is 42.9 Å². The predicted octanol–water partition coefficient (Wildman–Crippen LogP) is 0.293. The van der Waals surface area contributed by atoms with E-state index >= 15 is 0 Å². The van der Waals surface area contributed by atoms with E-state index in [0.29, 0.717) is 0 Å². The normalized spacial score (nSPS) is 20.5. The maximum absolute atomic E-state index is 12.8. The average molecular weight is 302 g/mol. The second-order valence-electron chi connectivity index (χ2n) is 4.68. The number of aliphatic hydroxyl groups is 1. The number of nitrogens with zero attached hydrogens (tertiary/aromatic N) is 4. The zero-order valence-corrected chi connectivity index (χ0v) is 11.8. The second kappa shape index (κ2) is 5.85. The van der Waals surface area contributed by atoms with Crippen molar-refractivity contribution in [3.8, 4) is 0 Å². The third kappa shape index (κ3) is 2.78. The van der Waals surface area contributed by atoms with E-state index in [-0.39, 0.29) is 30.0 Å². The molecule has 7 heteroatoms. The molecule has 0 unspecified atom stereocenters. The molecule has 1 N–H and O–H groups in total. The van der Waals surface area contributed by atoms with E-state index in [1.54, 1.807) is 0 Å². The maximum Gasteiger partial charge on any atom is 0.332 e. The van der Waals surface area contributed by atoms with Gasteiger partial charge in [-0.25, -0.2) is 9.78 Å². The van der Waals surface area contributed by atoms with Gasteiger partial charge in [-0.2, -0.15) is 0 Å². The number of aromatic nitrogens is 4. The fraction of sp³-hybridized carbons (Fsp3) is 0.643. The van der Waals surface area contributed by atoms with Crippen molar-refractivity contribution in [3.05, 3.63) is 26.7 Å². The number of hydrogen-bond donors (Lipinski definition) is 1. The molecule has 2 aromatic heterocycles. The van der Waals surface area contributed by atoms with Crippen LogP contribution in [0.2, 0.25) is 0 Å². The Balaban J connectivity index is 2.45. The molecule has 0 aromatic carbocycles. The van der Waals surface area contributed by atoms with Crippen LogP contribution in [0.3, 0.4) is 0 Å². The molecule has 2 aromatic rings. The maximum atomic E-state index is 12.8. The molecule has 0 saturated carbocycles. The van der Waals surface area contributed by atoms with Crippen molar-refractivity contribution in [1.82, 2.24) is 18.7 Å². The summed E-state index contributed by atoms with van der Waals surface area (Å²) >= 11 is 0. The van der Waals surface area contributed by atoms with Crippen molar-refractivity contribution in [2.45, 2.75) is 45.6 Å². The lowest BCUT2D eigenvalue weighted by Gasteiger charge is -2.09. The standard InChI is InChI=1S/C14H22N4O3/c1-9(19)7-5-6-8-18-13(20)11-12(17(4)14(18)21)15-10(2)16(11)3/h9,19H,5-8H2,1-4H3/t9-/m0/s1/i1D3,3D3,7D2. The van der Waals surface area contributed by atoms with Crippen molar-refractivity contribution in [1.29, 1.82) is 0 Å². The highest BCUT2D eigenvalue weighted by molar-refractivity contribution is 5.70. The number of aryl methyl sites for hydroxylation is 3. The molecule has 1 atom stereocenters. The summed E-state index contributed by atoms with van der Waals surface area (Å²) in [6, 6.07) is 0. The molecule has 116 valence electrons. The Labute approximate surface area is 133 Å². The number of imidazole rings is 1. The molecular weight excluding hydrogens is 272 g/mol. The van der Waals surface area contributed by atoms with Crippen molar-refractivity contribution in [2.75, 3.05) is 0 Å². The van der Waals surface area contributed by atoms with Crippen LogP contribution in [0.15, 0.2) is 9.59 Å². The summed E-state index contributed by atoms with van der Waals surface area (Å²) in [6.45, 7) is -4.51. The molecule has 0 aliphatic rings. The lowest BCUT2D eigenvalue weighted by atomic mass is 10.2. The van der Waals surface area contributed by atoms with E-state index in [4.69, 9.17) is 11.0 Å². The fourth-order valence-electron chi connectivity index (χ4n) is 2.10. The molecule has 0 saturated heterocycles. The molecule has 0 aliphatic heterocycles. The van der Waals surface area contributed by atoms with Gasteiger partial charge in [0, 0.05) is 31.5 Å². The highest BCUT2D eigenvalue weighted by Crippen LogP contribution is 2.08. The van der Waals surface area contributed by atoms with Crippen LogP contribution in [-0.2, 0) is 20.6 Å². The van der Waals surface area contributed by atoms with E-state index in [0.717, 1.165) is 13.7 Å². The third-order valence-electron chi connectivity index (χ3n) is 3.21. The van der Waals surface area contributed by atoms with E-state index in [2.05, 4.69) is 4.98 Å². The van der Waals surface area contributed by atoms with E-state index < -0.39 is 44.0 Å². The van der Waals surface area contributed by atoms with Crippen LogP contribution in [0.4, 0.5) is 0 Å². The van der Waals surface area contributed by atoms with Crippen LogP contribution in [-0.4, -0.2) is 29.9 Å². The predicted molar refractivity (Wildman–Crippen MR) is 80.5 cm³/mol. The van der Waals surface area contributed by atoms with Gasteiger partial charge in [0.05, 0.1) is 6.10 Å². The van der Waals surface area contributed by atoms with E-state index in [9.17, 15) is 14.7 Å². The first kappa shape index (κ1) is 7.93. The lowest BCUT2D eigenvalue weighted by Crippen LogP contribution is -2.39. The van der Waals surface area contributed by atoms with Gasteiger partial charge in [0.1, 0.15) is 5.82 Å². The van der Waals surface area contributed by atoms with E-state index in [1.807, 2.05) is 0 Å². The molecule has 2 rings (SSSR count). The van der Waals surface area contributed by atoms with Crippen molar-refractivity contribution in [3.63, 3.8) is 0 Å².